The lowest BCUT2D eigenvalue weighted by Gasteiger charge is -2.38. The Balaban J connectivity index is 1.73. The van der Waals surface area contributed by atoms with Crippen molar-refractivity contribution in [3.63, 3.8) is 0 Å². The van der Waals surface area contributed by atoms with Gasteiger partial charge in [0.15, 0.2) is 5.82 Å². The van der Waals surface area contributed by atoms with Crippen LogP contribution in [0.5, 0.6) is 0 Å². The number of hydrogen-bond acceptors (Lipinski definition) is 8. The fraction of sp³-hybridized carbons (Fsp3) is 0.522. The first-order valence-electron chi connectivity index (χ1n) is 11.1. The molecule has 1 atom stereocenters. The molecule has 1 unspecified atom stereocenters. The molecule has 0 aliphatic carbocycles. The number of carbonyl (C=O) groups is 1. The van der Waals surface area contributed by atoms with Crippen molar-refractivity contribution >= 4 is 17.6 Å². The molecule has 10 heteroatoms. The van der Waals surface area contributed by atoms with E-state index in [9.17, 15) is 14.9 Å². The van der Waals surface area contributed by atoms with Gasteiger partial charge in [-0.05, 0) is 46.2 Å². The minimum Gasteiger partial charge on any atom is -0.444 e. The topological polar surface area (TPSA) is 111 Å². The average molecular weight is 456 g/mol. The molecule has 1 fully saturated rings. The standard InChI is InChI=1S/C23H29N5O5/c1-15-14-32-12-11-27(15)21-18-9-10-26(22(29)33-23(2,3)4)13-19(18)24-20(25-21)16-5-7-17(8-6-16)28(30)31/h5-8,15H,9-14H2,1-4H3. The molecule has 2 aliphatic rings. The summed E-state index contributed by atoms with van der Waals surface area (Å²) >= 11 is 0. The minimum absolute atomic E-state index is 0.00911. The molecule has 1 aromatic heterocycles. The van der Waals surface area contributed by atoms with E-state index in [1.165, 1.54) is 12.1 Å². The lowest BCUT2D eigenvalue weighted by Crippen LogP contribution is -2.46. The number of carbonyl (C=O) groups excluding carboxylic acids is 1. The zero-order chi connectivity index (χ0) is 23.8. The monoisotopic (exact) mass is 455 g/mol. The summed E-state index contributed by atoms with van der Waals surface area (Å²) in [6, 6.07) is 6.35. The molecule has 0 bridgehead atoms. The molecular formula is C23H29N5O5. The lowest BCUT2D eigenvalue weighted by molar-refractivity contribution is -0.384. The first kappa shape index (κ1) is 22.9. The molecule has 1 saturated heterocycles. The van der Waals surface area contributed by atoms with Gasteiger partial charge in [-0.1, -0.05) is 0 Å². The van der Waals surface area contributed by atoms with Gasteiger partial charge >= 0.3 is 6.09 Å². The van der Waals surface area contributed by atoms with Crippen LogP contribution >= 0.6 is 0 Å². The van der Waals surface area contributed by atoms with Gasteiger partial charge in [-0.2, -0.15) is 0 Å². The normalized spacial score (nSPS) is 18.6. The maximum Gasteiger partial charge on any atom is 0.410 e. The summed E-state index contributed by atoms with van der Waals surface area (Å²) in [5, 5.41) is 11.0. The third kappa shape index (κ3) is 5.05. The fourth-order valence-electron chi connectivity index (χ4n) is 4.03. The fourth-order valence-corrected chi connectivity index (χ4v) is 4.03. The van der Waals surface area contributed by atoms with Crippen molar-refractivity contribution < 1.29 is 19.2 Å². The molecular weight excluding hydrogens is 426 g/mol. The molecule has 10 nitrogen and oxygen atoms in total. The summed E-state index contributed by atoms with van der Waals surface area (Å²) < 4.78 is 11.2. The number of ether oxygens (including phenoxy) is 2. The molecule has 0 saturated carbocycles. The van der Waals surface area contributed by atoms with E-state index in [4.69, 9.17) is 19.4 Å². The molecule has 4 rings (SSSR count). The number of rotatable bonds is 3. The molecule has 2 aliphatic heterocycles. The highest BCUT2D eigenvalue weighted by Gasteiger charge is 2.32. The Kier molecular flexibility index (Phi) is 6.20. The van der Waals surface area contributed by atoms with Gasteiger partial charge in [0.2, 0.25) is 0 Å². The van der Waals surface area contributed by atoms with Crippen LogP contribution in [0.3, 0.4) is 0 Å². The SMILES string of the molecule is CC1COCCN1c1nc(-c2ccc([N+](=O)[O-])cc2)nc2c1CCN(C(=O)OC(C)(C)C)C2. The Bertz CT molecular complexity index is 1050. The zero-order valence-electron chi connectivity index (χ0n) is 19.4. The Labute approximate surface area is 192 Å². The number of amides is 1. The number of nitro benzene ring substituents is 1. The van der Waals surface area contributed by atoms with E-state index < -0.39 is 10.5 Å². The molecule has 0 N–H and O–H groups in total. The van der Waals surface area contributed by atoms with Crippen molar-refractivity contribution in [1.29, 1.82) is 0 Å². The van der Waals surface area contributed by atoms with Gasteiger partial charge in [-0.15, -0.1) is 0 Å². The van der Waals surface area contributed by atoms with Crippen molar-refractivity contribution in [2.24, 2.45) is 0 Å². The van der Waals surface area contributed by atoms with Crippen molar-refractivity contribution in [3.8, 4) is 11.4 Å². The molecule has 1 aromatic carbocycles. The first-order chi connectivity index (χ1) is 15.6. The third-order valence-electron chi connectivity index (χ3n) is 5.67. The second-order valence-corrected chi connectivity index (χ2v) is 9.37. The number of aromatic nitrogens is 2. The van der Waals surface area contributed by atoms with E-state index in [1.54, 1.807) is 17.0 Å². The van der Waals surface area contributed by atoms with E-state index >= 15 is 0 Å². The highest BCUT2D eigenvalue weighted by molar-refractivity contribution is 5.69. The van der Waals surface area contributed by atoms with Gasteiger partial charge in [0.1, 0.15) is 11.4 Å². The predicted octanol–water partition coefficient (Wildman–Crippen LogP) is 3.57. The van der Waals surface area contributed by atoms with Gasteiger partial charge in [0, 0.05) is 36.3 Å². The molecule has 1 amide bonds. The van der Waals surface area contributed by atoms with Crippen LogP contribution in [0.2, 0.25) is 0 Å². The van der Waals surface area contributed by atoms with E-state index in [1.807, 2.05) is 20.8 Å². The third-order valence-corrected chi connectivity index (χ3v) is 5.67. The van der Waals surface area contributed by atoms with E-state index in [0.29, 0.717) is 50.7 Å². The quantitative estimate of drug-likeness (QED) is 0.510. The van der Waals surface area contributed by atoms with Crippen LogP contribution in [0.25, 0.3) is 11.4 Å². The highest BCUT2D eigenvalue weighted by atomic mass is 16.6. The first-order valence-corrected chi connectivity index (χ1v) is 11.1. The van der Waals surface area contributed by atoms with Crippen molar-refractivity contribution in [1.82, 2.24) is 14.9 Å². The van der Waals surface area contributed by atoms with E-state index in [2.05, 4.69) is 11.8 Å². The van der Waals surface area contributed by atoms with Gasteiger partial charge in [0.25, 0.3) is 5.69 Å². The number of hydrogen-bond donors (Lipinski definition) is 0. The molecule has 3 heterocycles. The van der Waals surface area contributed by atoms with Gasteiger partial charge in [0.05, 0.1) is 36.4 Å². The number of nitro groups is 1. The maximum absolute atomic E-state index is 12.7. The molecule has 2 aromatic rings. The Morgan fingerprint density at radius 1 is 1.21 bits per heavy atom. The van der Waals surface area contributed by atoms with E-state index in [0.717, 1.165) is 17.1 Å². The van der Waals surface area contributed by atoms with Crippen molar-refractivity contribution in [3.05, 3.63) is 45.6 Å². The van der Waals surface area contributed by atoms with Crippen LogP contribution < -0.4 is 4.90 Å². The number of anilines is 1. The van der Waals surface area contributed by atoms with Crippen LogP contribution in [0.4, 0.5) is 16.3 Å². The average Bonchev–Trinajstić information content (AvgIpc) is 2.77. The smallest absolute Gasteiger partial charge is 0.410 e. The van der Waals surface area contributed by atoms with Gasteiger partial charge in [-0.25, -0.2) is 14.8 Å². The van der Waals surface area contributed by atoms with Crippen LogP contribution in [-0.4, -0.2) is 63.8 Å². The lowest BCUT2D eigenvalue weighted by atomic mass is 10.0. The number of non-ortho nitro benzene ring substituents is 1. The number of fused-ring (bicyclic) bond motifs is 1. The predicted molar refractivity (Wildman–Crippen MR) is 122 cm³/mol. The second-order valence-electron chi connectivity index (χ2n) is 9.37. The van der Waals surface area contributed by atoms with Crippen LogP contribution in [0.1, 0.15) is 39.0 Å². The van der Waals surface area contributed by atoms with Gasteiger partial charge in [-0.3, -0.25) is 10.1 Å². The zero-order valence-corrected chi connectivity index (χ0v) is 19.4. The largest absolute Gasteiger partial charge is 0.444 e. The highest BCUT2D eigenvalue weighted by Crippen LogP contribution is 2.32. The number of morpholine rings is 1. The Morgan fingerprint density at radius 3 is 2.58 bits per heavy atom. The Hall–Kier alpha value is -3.27. The summed E-state index contributed by atoms with van der Waals surface area (Å²) in [7, 11) is 0. The summed E-state index contributed by atoms with van der Waals surface area (Å²) in [6.45, 7) is 10.4. The Morgan fingerprint density at radius 2 is 1.94 bits per heavy atom. The van der Waals surface area contributed by atoms with Crippen LogP contribution in [0, 0.1) is 10.1 Å². The summed E-state index contributed by atoms with van der Waals surface area (Å²) in [6.07, 6.45) is 0.249. The summed E-state index contributed by atoms with van der Waals surface area (Å²) in [4.78, 5) is 36.8. The number of benzene rings is 1. The molecule has 176 valence electrons. The van der Waals surface area contributed by atoms with Crippen LogP contribution in [0.15, 0.2) is 24.3 Å². The van der Waals surface area contributed by atoms with Gasteiger partial charge < -0.3 is 19.3 Å². The minimum atomic E-state index is -0.582. The molecule has 33 heavy (non-hydrogen) atoms. The molecule has 0 spiro atoms. The van der Waals surface area contributed by atoms with E-state index in [-0.39, 0.29) is 17.8 Å². The maximum atomic E-state index is 12.7. The number of nitrogens with zero attached hydrogens (tertiary/aromatic N) is 5. The summed E-state index contributed by atoms with van der Waals surface area (Å²) in [5.74, 6) is 1.32. The van der Waals surface area contributed by atoms with Crippen LogP contribution in [-0.2, 0) is 22.4 Å². The second kappa shape index (κ2) is 8.93. The van der Waals surface area contributed by atoms with Crippen molar-refractivity contribution in [2.75, 3.05) is 31.2 Å². The summed E-state index contributed by atoms with van der Waals surface area (Å²) in [5.41, 5.74) is 1.90. The molecule has 0 radical (unpaired) electrons. The van der Waals surface area contributed by atoms with Crippen molar-refractivity contribution in [2.45, 2.75) is 52.3 Å².